The average molecular weight is 519 g/mol. The highest BCUT2D eigenvalue weighted by molar-refractivity contribution is 5.86. The Morgan fingerprint density at radius 1 is 0.861 bits per heavy atom. The van der Waals surface area contributed by atoms with Crippen molar-refractivity contribution in [1.29, 1.82) is 0 Å². The highest BCUT2D eigenvalue weighted by Gasteiger charge is 2.23. The lowest BCUT2D eigenvalue weighted by Gasteiger charge is -2.20. The van der Waals surface area contributed by atoms with Gasteiger partial charge >= 0.3 is 23.9 Å². The molecule has 36 heavy (non-hydrogen) atoms. The molecule has 0 rings (SSSR count). The molecule has 0 aliphatic carbocycles. The summed E-state index contributed by atoms with van der Waals surface area (Å²) in [6, 6.07) is -1.75. The molecular weight excluding hydrogens is 472 g/mol. The molecule has 0 aromatic carbocycles. The van der Waals surface area contributed by atoms with Crippen molar-refractivity contribution >= 4 is 29.8 Å². The number of carbonyl (C=O) groups is 5. The van der Waals surface area contributed by atoms with E-state index in [4.69, 9.17) is 15.2 Å². The standard InChI is InChI=1S/C17H32N4O6.C7H14O2/c1-17(2,3)27-14(23)11-20-16(25)21-12(15(24)26-4)7-8-13(22)19-10-6-5-9-18;1-5-6(8)9-7(2,3)4/h12H,5-11,18H2,1-4H3,(H,19,22)(H2,20,21,25);5H2,1-4H3. The number of methoxy groups -OCH3 is 1. The van der Waals surface area contributed by atoms with Gasteiger partial charge in [-0.2, -0.15) is 0 Å². The van der Waals surface area contributed by atoms with Gasteiger partial charge in [-0.1, -0.05) is 6.92 Å². The van der Waals surface area contributed by atoms with Crippen LogP contribution in [-0.4, -0.2) is 73.8 Å². The van der Waals surface area contributed by atoms with Crippen molar-refractivity contribution in [3.63, 3.8) is 0 Å². The third-order valence-electron chi connectivity index (χ3n) is 3.93. The first kappa shape index (κ1) is 35.3. The van der Waals surface area contributed by atoms with Crippen molar-refractivity contribution < 1.29 is 38.2 Å². The van der Waals surface area contributed by atoms with Crippen LogP contribution in [0.5, 0.6) is 0 Å². The molecule has 0 radical (unpaired) electrons. The summed E-state index contributed by atoms with van der Waals surface area (Å²) in [5.41, 5.74) is 4.38. The molecule has 0 aromatic heterocycles. The number of nitrogens with one attached hydrogen (secondary N) is 3. The van der Waals surface area contributed by atoms with Crippen LogP contribution in [0.25, 0.3) is 0 Å². The van der Waals surface area contributed by atoms with Crippen molar-refractivity contribution in [2.75, 3.05) is 26.7 Å². The Balaban J connectivity index is 0. The van der Waals surface area contributed by atoms with E-state index >= 15 is 0 Å². The first-order chi connectivity index (χ1) is 16.5. The summed E-state index contributed by atoms with van der Waals surface area (Å²) in [5.74, 6) is -1.66. The minimum absolute atomic E-state index is 0.0364. The Labute approximate surface area is 214 Å². The third-order valence-corrected chi connectivity index (χ3v) is 3.93. The number of amides is 3. The molecule has 0 bridgehead atoms. The molecule has 0 aromatic rings. The Kier molecular flexibility index (Phi) is 18.0. The molecule has 210 valence electrons. The number of hydrogen-bond acceptors (Lipinski definition) is 9. The molecule has 1 unspecified atom stereocenters. The van der Waals surface area contributed by atoms with Crippen LogP contribution >= 0.6 is 0 Å². The number of carbonyl (C=O) groups excluding carboxylic acids is 5. The van der Waals surface area contributed by atoms with Gasteiger partial charge in [0.05, 0.1) is 7.11 Å². The van der Waals surface area contributed by atoms with Gasteiger partial charge in [-0.15, -0.1) is 0 Å². The SMILES string of the molecule is CCC(=O)OC(C)(C)C.COC(=O)C(CCC(=O)NCCCCN)NC(=O)NCC(=O)OC(C)(C)C. The highest BCUT2D eigenvalue weighted by Crippen LogP contribution is 2.07. The van der Waals surface area contributed by atoms with Crippen LogP contribution in [0.4, 0.5) is 4.79 Å². The van der Waals surface area contributed by atoms with Crippen LogP contribution in [0.1, 0.15) is 80.6 Å². The molecule has 12 heteroatoms. The van der Waals surface area contributed by atoms with Crippen LogP contribution in [0, 0.1) is 0 Å². The van der Waals surface area contributed by atoms with Gasteiger partial charge in [0.2, 0.25) is 5.91 Å². The van der Waals surface area contributed by atoms with Crippen LogP contribution in [0.2, 0.25) is 0 Å². The van der Waals surface area contributed by atoms with E-state index < -0.39 is 29.6 Å². The van der Waals surface area contributed by atoms with Gasteiger partial charge in [-0.3, -0.25) is 14.4 Å². The van der Waals surface area contributed by atoms with Crippen molar-refractivity contribution in [3.05, 3.63) is 0 Å². The van der Waals surface area contributed by atoms with Gasteiger partial charge in [0.15, 0.2) is 0 Å². The normalized spacial score (nSPS) is 11.7. The van der Waals surface area contributed by atoms with E-state index in [9.17, 15) is 24.0 Å². The molecule has 3 amide bonds. The molecule has 5 N–H and O–H groups in total. The molecule has 1 atom stereocenters. The summed E-state index contributed by atoms with van der Waals surface area (Å²) < 4.78 is 14.6. The van der Waals surface area contributed by atoms with Crippen LogP contribution in [-0.2, 0) is 33.4 Å². The molecule has 12 nitrogen and oxygen atoms in total. The second kappa shape index (κ2) is 18.4. The quantitative estimate of drug-likeness (QED) is 0.170. The molecular formula is C24H46N4O8. The number of unbranched alkanes of at least 4 members (excludes halogenated alkanes) is 1. The molecule has 0 saturated carbocycles. The van der Waals surface area contributed by atoms with Gasteiger partial charge in [-0.05, 0) is 67.3 Å². The molecule has 0 fully saturated rings. The van der Waals surface area contributed by atoms with Crippen LogP contribution in [0.3, 0.4) is 0 Å². The largest absolute Gasteiger partial charge is 0.467 e. The van der Waals surface area contributed by atoms with Gasteiger partial charge in [-0.25, -0.2) is 9.59 Å². The second-order valence-corrected chi connectivity index (χ2v) is 9.81. The zero-order chi connectivity index (χ0) is 28.4. The van der Waals surface area contributed by atoms with Crippen molar-refractivity contribution in [2.24, 2.45) is 5.73 Å². The topological polar surface area (TPSA) is 175 Å². The van der Waals surface area contributed by atoms with Gasteiger partial charge in [0, 0.05) is 19.4 Å². The summed E-state index contributed by atoms with van der Waals surface area (Å²) in [6.45, 7) is 13.2. The Morgan fingerprint density at radius 2 is 1.42 bits per heavy atom. The van der Waals surface area contributed by atoms with Crippen molar-refractivity contribution in [2.45, 2.75) is 97.8 Å². The van der Waals surface area contributed by atoms with Gasteiger partial charge < -0.3 is 35.9 Å². The maximum Gasteiger partial charge on any atom is 0.328 e. The predicted molar refractivity (Wildman–Crippen MR) is 135 cm³/mol. The maximum absolute atomic E-state index is 11.9. The van der Waals surface area contributed by atoms with E-state index in [-0.39, 0.29) is 36.9 Å². The summed E-state index contributed by atoms with van der Waals surface area (Å²) in [5, 5.41) is 7.40. The summed E-state index contributed by atoms with van der Waals surface area (Å²) >= 11 is 0. The number of nitrogens with two attached hydrogens (primary N) is 1. The lowest BCUT2D eigenvalue weighted by atomic mass is 10.1. The molecule has 0 saturated heterocycles. The van der Waals surface area contributed by atoms with E-state index in [0.29, 0.717) is 19.5 Å². The molecule has 0 aliphatic heterocycles. The Hall–Kier alpha value is -2.89. The van der Waals surface area contributed by atoms with Crippen LogP contribution in [0.15, 0.2) is 0 Å². The number of rotatable bonds is 12. The van der Waals surface area contributed by atoms with E-state index in [1.807, 2.05) is 20.8 Å². The lowest BCUT2D eigenvalue weighted by molar-refractivity contribution is -0.155. The van der Waals surface area contributed by atoms with E-state index in [2.05, 4.69) is 20.7 Å². The van der Waals surface area contributed by atoms with Gasteiger partial charge in [0.1, 0.15) is 23.8 Å². The third kappa shape index (κ3) is 22.9. The summed E-state index contributed by atoms with van der Waals surface area (Å²) in [6.07, 6.45) is 2.14. The first-order valence-corrected chi connectivity index (χ1v) is 12.1. The second-order valence-electron chi connectivity index (χ2n) is 9.81. The van der Waals surface area contributed by atoms with E-state index in [0.717, 1.165) is 12.8 Å². The predicted octanol–water partition coefficient (Wildman–Crippen LogP) is 1.54. The smallest absolute Gasteiger partial charge is 0.328 e. The summed E-state index contributed by atoms with van der Waals surface area (Å²) in [7, 11) is 1.18. The fourth-order valence-electron chi connectivity index (χ4n) is 2.41. The van der Waals surface area contributed by atoms with E-state index in [1.54, 1.807) is 27.7 Å². The zero-order valence-electron chi connectivity index (χ0n) is 23.1. The minimum atomic E-state index is -1.01. The average Bonchev–Trinajstić information content (AvgIpc) is 2.75. The van der Waals surface area contributed by atoms with Crippen LogP contribution < -0.4 is 21.7 Å². The number of urea groups is 1. The fourth-order valence-corrected chi connectivity index (χ4v) is 2.41. The number of esters is 3. The summed E-state index contributed by atoms with van der Waals surface area (Å²) in [4.78, 5) is 57.6. The molecule has 0 heterocycles. The highest BCUT2D eigenvalue weighted by atomic mass is 16.6. The van der Waals surface area contributed by atoms with Crippen molar-refractivity contribution in [1.82, 2.24) is 16.0 Å². The molecule has 0 spiro atoms. The number of ether oxygens (including phenoxy) is 3. The Morgan fingerprint density at radius 3 is 1.86 bits per heavy atom. The van der Waals surface area contributed by atoms with E-state index in [1.165, 1.54) is 7.11 Å². The lowest BCUT2D eigenvalue weighted by Crippen LogP contribution is -2.48. The molecule has 0 aliphatic rings. The van der Waals surface area contributed by atoms with Gasteiger partial charge in [0.25, 0.3) is 0 Å². The fraction of sp³-hybridized carbons (Fsp3) is 0.792. The maximum atomic E-state index is 11.9. The first-order valence-electron chi connectivity index (χ1n) is 12.1. The zero-order valence-corrected chi connectivity index (χ0v) is 23.1. The number of hydrogen-bond donors (Lipinski definition) is 4. The van der Waals surface area contributed by atoms with Crippen molar-refractivity contribution in [3.8, 4) is 0 Å². The minimum Gasteiger partial charge on any atom is -0.467 e. The monoisotopic (exact) mass is 518 g/mol. The Bertz CT molecular complexity index is 699.